The maximum absolute atomic E-state index is 13.2. The van der Waals surface area contributed by atoms with Gasteiger partial charge in [-0.05, 0) is 55.7 Å². The molecule has 2 bridgehead atoms. The molecule has 1 aliphatic carbocycles. The number of carbonyl (C=O) groups is 2. The third-order valence-electron chi connectivity index (χ3n) is 6.17. The zero-order valence-corrected chi connectivity index (χ0v) is 18.6. The standard InChI is InChI=1S/C20H23Cl2N3O4S/c21-16-6-5-15(9-17(16)22)30(28,29)25-8-7-23-20(27)18(25)10-19(26)24-11-13-1-2-14(12-24)4-3-13/h5-9,13-14,18H,1-4,10-12H2,(H,23,27)/t13?,14?,18-/m1/s1. The minimum atomic E-state index is -4.10. The van der Waals surface area contributed by atoms with Crippen molar-refractivity contribution in [3.63, 3.8) is 0 Å². The highest BCUT2D eigenvalue weighted by Gasteiger charge is 2.39. The van der Waals surface area contributed by atoms with Gasteiger partial charge in [0.05, 0.1) is 21.4 Å². The topological polar surface area (TPSA) is 86.8 Å². The first-order valence-electron chi connectivity index (χ1n) is 9.99. The maximum Gasteiger partial charge on any atom is 0.264 e. The highest BCUT2D eigenvalue weighted by molar-refractivity contribution is 7.89. The van der Waals surface area contributed by atoms with E-state index in [4.69, 9.17) is 23.2 Å². The van der Waals surface area contributed by atoms with Crippen LogP contribution in [0.1, 0.15) is 32.1 Å². The zero-order chi connectivity index (χ0) is 21.5. The van der Waals surface area contributed by atoms with E-state index in [1.165, 1.54) is 30.6 Å². The largest absolute Gasteiger partial charge is 0.342 e. The first-order chi connectivity index (χ1) is 14.3. The molecule has 5 rings (SSSR count). The summed E-state index contributed by atoms with van der Waals surface area (Å²) in [5, 5.41) is 2.83. The zero-order valence-electron chi connectivity index (χ0n) is 16.3. The van der Waals surface area contributed by atoms with Crippen LogP contribution in [0.3, 0.4) is 0 Å². The van der Waals surface area contributed by atoms with Crippen LogP contribution in [0.5, 0.6) is 0 Å². The Morgan fingerprint density at radius 3 is 2.30 bits per heavy atom. The molecule has 3 heterocycles. The summed E-state index contributed by atoms with van der Waals surface area (Å²) >= 11 is 11.9. The number of carbonyl (C=O) groups excluding carboxylic acids is 2. The van der Waals surface area contributed by atoms with Crippen molar-refractivity contribution in [3.05, 3.63) is 40.6 Å². The summed E-state index contributed by atoms with van der Waals surface area (Å²) < 4.78 is 27.3. The Labute approximate surface area is 186 Å². The number of halogens is 2. The Balaban J connectivity index is 1.57. The second kappa shape index (κ2) is 8.40. The van der Waals surface area contributed by atoms with Crippen molar-refractivity contribution in [2.24, 2.45) is 11.8 Å². The fourth-order valence-corrected chi connectivity index (χ4v) is 6.33. The number of amides is 2. The van der Waals surface area contributed by atoms with E-state index in [1.54, 1.807) is 0 Å². The molecular formula is C20H23Cl2N3O4S. The van der Waals surface area contributed by atoms with E-state index >= 15 is 0 Å². The summed E-state index contributed by atoms with van der Waals surface area (Å²) in [6.07, 6.45) is 6.81. The third-order valence-corrected chi connectivity index (χ3v) is 8.69. The molecule has 10 heteroatoms. The van der Waals surface area contributed by atoms with Crippen molar-refractivity contribution >= 4 is 45.0 Å². The minimum absolute atomic E-state index is 0.0934. The molecule has 1 N–H and O–H groups in total. The molecule has 1 aromatic carbocycles. The molecule has 3 aliphatic heterocycles. The summed E-state index contributed by atoms with van der Waals surface area (Å²) in [6.45, 7) is 1.36. The van der Waals surface area contributed by atoms with Gasteiger partial charge in [-0.1, -0.05) is 23.2 Å². The Morgan fingerprint density at radius 2 is 1.70 bits per heavy atom. The van der Waals surface area contributed by atoms with Crippen molar-refractivity contribution in [1.29, 1.82) is 0 Å². The van der Waals surface area contributed by atoms with E-state index in [-0.39, 0.29) is 27.3 Å². The first kappa shape index (κ1) is 21.5. The fourth-order valence-electron chi connectivity index (χ4n) is 4.49. The second-order valence-corrected chi connectivity index (χ2v) is 10.8. The van der Waals surface area contributed by atoms with Crippen LogP contribution in [0.4, 0.5) is 0 Å². The lowest BCUT2D eigenvalue weighted by molar-refractivity contribution is -0.136. The van der Waals surface area contributed by atoms with Gasteiger partial charge in [-0.3, -0.25) is 13.9 Å². The number of hydrogen-bond acceptors (Lipinski definition) is 4. The van der Waals surface area contributed by atoms with Crippen LogP contribution in [0.2, 0.25) is 10.0 Å². The van der Waals surface area contributed by atoms with E-state index in [2.05, 4.69) is 5.32 Å². The summed E-state index contributed by atoms with van der Waals surface area (Å²) in [7, 11) is -4.10. The summed E-state index contributed by atoms with van der Waals surface area (Å²) in [6, 6.07) is 2.79. The molecule has 30 heavy (non-hydrogen) atoms. The Bertz CT molecular complexity index is 976. The van der Waals surface area contributed by atoms with E-state index in [0.717, 1.165) is 30.0 Å². The molecule has 1 aromatic rings. The van der Waals surface area contributed by atoms with Gasteiger partial charge in [-0.15, -0.1) is 0 Å². The predicted octanol–water partition coefficient (Wildman–Crippen LogP) is 2.99. The van der Waals surface area contributed by atoms with Crippen LogP contribution in [-0.2, 0) is 19.6 Å². The number of rotatable bonds is 4. The lowest BCUT2D eigenvalue weighted by Gasteiger charge is -2.33. The van der Waals surface area contributed by atoms with Gasteiger partial charge < -0.3 is 10.2 Å². The smallest absolute Gasteiger partial charge is 0.264 e. The highest BCUT2D eigenvalue weighted by atomic mass is 35.5. The average molecular weight is 472 g/mol. The molecule has 0 unspecified atom stereocenters. The molecule has 0 aromatic heterocycles. The molecule has 2 saturated heterocycles. The van der Waals surface area contributed by atoms with Gasteiger partial charge in [-0.2, -0.15) is 0 Å². The molecule has 1 atom stereocenters. The normalized spacial score (nSPS) is 26.5. The van der Waals surface area contributed by atoms with Crippen LogP contribution < -0.4 is 5.32 Å². The van der Waals surface area contributed by atoms with Crippen LogP contribution >= 0.6 is 23.2 Å². The number of fused-ring (bicyclic) bond motifs is 4. The Kier molecular flexibility index (Phi) is 6.01. The lowest BCUT2D eigenvalue weighted by atomic mass is 9.84. The van der Waals surface area contributed by atoms with Crippen molar-refractivity contribution in [1.82, 2.24) is 14.5 Å². The van der Waals surface area contributed by atoms with E-state index < -0.39 is 22.0 Å². The monoisotopic (exact) mass is 471 g/mol. The van der Waals surface area contributed by atoms with Crippen molar-refractivity contribution in [2.45, 2.75) is 43.0 Å². The molecule has 4 aliphatic rings. The van der Waals surface area contributed by atoms with Crippen LogP contribution in [-0.4, -0.2) is 48.6 Å². The summed E-state index contributed by atoms with van der Waals surface area (Å²) in [5.74, 6) is 0.249. The molecule has 162 valence electrons. The second-order valence-electron chi connectivity index (χ2n) is 8.14. The van der Waals surface area contributed by atoms with Crippen LogP contribution in [0, 0.1) is 11.8 Å². The molecule has 0 spiro atoms. The fraction of sp³-hybridized carbons (Fsp3) is 0.500. The predicted molar refractivity (Wildman–Crippen MR) is 113 cm³/mol. The van der Waals surface area contributed by atoms with Crippen molar-refractivity contribution in [3.8, 4) is 0 Å². The molecule has 3 fully saturated rings. The number of benzene rings is 1. The molecule has 7 nitrogen and oxygen atoms in total. The molecular weight excluding hydrogens is 449 g/mol. The van der Waals surface area contributed by atoms with Gasteiger partial charge in [0.25, 0.3) is 10.0 Å². The average Bonchev–Trinajstić information content (AvgIpc) is 3.05. The van der Waals surface area contributed by atoms with Crippen molar-refractivity contribution < 1.29 is 18.0 Å². The molecule has 0 radical (unpaired) electrons. The summed E-state index contributed by atoms with van der Waals surface area (Å²) in [4.78, 5) is 27.3. The quantitative estimate of drug-likeness (QED) is 0.730. The summed E-state index contributed by atoms with van der Waals surface area (Å²) in [5.41, 5.74) is 0. The van der Waals surface area contributed by atoms with E-state index in [9.17, 15) is 18.0 Å². The Hall–Kier alpha value is -1.77. The Morgan fingerprint density at radius 1 is 1.07 bits per heavy atom. The van der Waals surface area contributed by atoms with Gasteiger partial charge in [0.15, 0.2) is 0 Å². The maximum atomic E-state index is 13.2. The SMILES string of the molecule is O=C1NC=CN(S(=O)(=O)c2ccc(Cl)c(Cl)c2)[C@@H]1CC(=O)N1CC2CCC(CC2)C1. The lowest BCUT2D eigenvalue weighted by Crippen LogP contribution is -2.51. The van der Waals surface area contributed by atoms with Crippen LogP contribution in [0.25, 0.3) is 0 Å². The number of nitrogens with zero attached hydrogens (tertiary/aromatic N) is 2. The molecule has 2 amide bonds. The first-order valence-corrected chi connectivity index (χ1v) is 12.2. The number of nitrogens with one attached hydrogen (secondary N) is 1. The van der Waals surface area contributed by atoms with Gasteiger partial charge >= 0.3 is 0 Å². The van der Waals surface area contributed by atoms with Gasteiger partial charge in [0.2, 0.25) is 11.8 Å². The van der Waals surface area contributed by atoms with Gasteiger partial charge in [0.1, 0.15) is 6.04 Å². The minimum Gasteiger partial charge on any atom is -0.342 e. The molecule has 1 saturated carbocycles. The van der Waals surface area contributed by atoms with E-state index in [1.807, 2.05) is 4.90 Å². The number of hydrogen-bond donors (Lipinski definition) is 1. The van der Waals surface area contributed by atoms with Gasteiger partial charge in [0, 0.05) is 25.5 Å². The number of sulfonamides is 1. The van der Waals surface area contributed by atoms with Crippen molar-refractivity contribution in [2.75, 3.05) is 13.1 Å². The van der Waals surface area contributed by atoms with E-state index in [0.29, 0.717) is 24.9 Å². The highest BCUT2D eigenvalue weighted by Crippen LogP contribution is 2.34. The van der Waals surface area contributed by atoms with Crippen LogP contribution in [0.15, 0.2) is 35.5 Å². The third kappa shape index (κ3) is 4.18. The van der Waals surface area contributed by atoms with Gasteiger partial charge in [-0.25, -0.2) is 8.42 Å².